The summed E-state index contributed by atoms with van der Waals surface area (Å²) < 4.78 is 44.1. The molecule has 0 spiro atoms. The van der Waals surface area contributed by atoms with E-state index in [-0.39, 0.29) is 25.3 Å². The van der Waals surface area contributed by atoms with Crippen LogP contribution >= 0.6 is 0 Å². The lowest BCUT2D eigenvalue weighted by molar-refractivity contribution is -0.142. The summed E-state index contributed by atoms with van der Waals surface area (Å²) in [6, 6.07) is 9.00. The molecule has 2 aliphatic rings. The second-order valence-corrected chi connectivity index (χ2v) is 8.88. The fourth-order valence-corrected chi connectivity index (χ4v) is 4.34. The average Bonchev–Trinajstić information content (AvgIpc) is 3.55. The van der Waals surface area contributed by atoms with Crippen molar-refractivity contribution in [2.24, 2.45) is 0 Å². The number of esters is 1. The molecule has 2 fully saturated rings. The zero-order valence-electron chi connectivity index (χ0n) is 18.3. The number of nitrogens with zero attached hydrogens (tertiary/aromatic N) is 2. The van der Waals surface area contributed by atoms with E-state index in [0.717, 1.165) is 17.8 Å². The van der Waals surface area contributed by atoms with Crippen molar-refractivity contribution < 1.29 is 27.5 Å². The van der Waals surface area contributed by atoms with Gasteiger partial charge < -0.3 is 15.0 Å². The van der Waals surface area contributed by atoms with E-state index >= 15 is 0 Å². The number of nitrogens with one attached hydrogen (secondary N) is 1. The maximum atomic E-state index is 13.1. The molecule has 6 nitrogen and oxygen atoms in total. The van der Waals surface area contributed by atoms with Gasteiger partial charge in [-0.1, -0.05) is 24.3 Å². The normalized spacial score (nSPS) is 20.5. The van der Waals surface area contributed by atoms with Gasteiger partial charge in [-0.2, -0.15) is 13.2 Å². The molecule has 4 rings (SSSR count). The summed E-state index contributed by atoms with van der Waals surface area (Å²) in [7, 11) is 1.27. The van der Waals surface area contributed by atoms with Crippen LogP contribution in [0.1, 0.15) is 48.3 Å². The van der Waals surface area contributed by atoms with Crippen LogP contribution in [0.4, 0.5) is 18.9 Å². The summed E-state index contributed by atoms with van der Waals surface area (Å²) in [6.45, 7) is 0.549. The molecule has 1 aliphatic heterocycles. The highest BCUT2D eigenvalue weighted by atomic mass is 19.4. The zero-order valence-corrected chi connectivity index (χ0v) is 18.3. The van der Waals surface area contributed by atoms with Crippen LogP contribution in [0.15, 0.2) is 42.7 Å². The molecule has 1 saturated carbocycles. The van der Waals surface area contributed by atoms with Crippen molar-refractivity contribution in [3.63, 3.8) is 0 Å². The van der Waals surface area contributed by atoms with Gasteiger partial charge in [-0.3, -0.25) is 14.6 Å². The lowest BCUT2D eigenvalue weighted by atomic mass is 9.93. The van der Waals surface area contributed by atoms with Gasteiger partial charge in [-0.25, -0.2) is 0 Å². The van der Waals surface area contributed by atoms with Gasteiger partial charge in [0.05, 0.1) is 42.9 Å². The van der Waals surface area contributed by atoms with Crippen molar-refractivity contribution in [1.29, 1.82) is 0 Å². The molecule has 1 saturated heterocycles. The van der Waals surface area contributed by atoms with Crippen LogP contribution in [-0.2, 0) is 26.9 Å². The Morgan fingerprint density at radius 2 is 1.94 bits per heavy atom. The molecule has 1 N–H and O–H groups in total. The van der Waals surface area contributed by atoms with E-state index in [4.69, 9.17) is 4.74 Å². The number of ether oxygens (including phenoxy) is 1. The van der Waals surface area contributed by atoms with Crippen molar-refractivity contribution in [2.45, 2.75) is 49.7 Å². The molecule has 1 aromatic heterocycles. The number of methoxy groups -OCH3 is 1. The quantitative estimate of drug-likeness (QED) is 0.635. The van der Waals surface area contributed by atoms with Crippen molar-refractivity contribution in [3.05, 3.63) is 59.4 Å². The fraction of sp³-hybridized carbons (Fsp3) is 0.458. The van der Waals surface area contributed by atoms with Crippen molar-refractivity contribution in [2.75, 3.05) is 25.1 Å². The van der Waals surface area contributed by atoms with Gasteiger partial charge in [0, 0.05) is 19.3 Å². The highest BCUT2D eigenvalue weighted by Gasteiger charge is 2.42. The minimum Gasteiger partial charge on any atom is -0.469 e. The van der Waals surface area contributed by atoms with Crippen LogP contribution in [0.25, 0.3) is 0 Å². The maximum Gasteiger partial charge on any atom is 0.417 e. The molecular formula is C24H26F3N3O3. The number of aromatic nitrogens is 1. The third-order valence-corrected chi connectivity index (χ3v) is 6.28. The Balaban J connectivity index is 1.47. The Bertz CT molecular complexity index is 1020. The Morgan fingerprint density at radius 3 is 2.58 bits per heavy atom. The summed E-state index contributed by atoms with van der Waals surface area (Å²) in [6.07, 6.45) is 0.503. The van der Waals surface area contributed by atoms with Crippen LogP contribution in [0.5, 0.6) is 0 Å². The van der Waals surface area contributed by atoms with E-state index in [0.29, 0.717) is 24.6 Å². The lowest BCUT2D eigenvalue weighted by Crippen LogP contribution is -2.52. The first-order valence-corrected chi connectivity index (χ1v) is 10.9. The molecule has 2 aromatic rings. The topological polar surface area (TPSA) is 71.5 Å². The van der Waals surface area contributed by atoms with E-state index in [1.807, 2.05) is 24.3 Å². The van der Waals surface area contributed by atoms with Gasteiger partial charge in [0.2, 0.25) is 5.91 Å². The molecule has 1 aromatic carbocycles. The Hall–Kier alpha value is -3.10. The number of carbonyl (C=O) groups excluding carboxylic acids is 2. The Labute approximate surface area is 190 Å². The van der Waals surface area contributed by atoms with Crippen LogP contribution in [0, 0.1) is 0 Å². The Kier molecular flexibility index (Phi) is 6.32. The first kappa shape index (κ1) is 23.1. The number of alkyl halides is 3. The van der Waals surface area contributed by atoms with Crippen LogP contribution in [0.2, 0.25) is 0 Å². The third-order valence-electron chi connectivity index (χ3n) is 6.28. The monoisotopic (exact) mass is 461 g/mol. The first-order valence-electron chi connectivity index (χ1n) is 10.9. The minimum absolute atomic E-state index is 0.0707. The number of rotatable bonds is 7. The summed E-state index contributed by atoms with van der Waals surface area (Å²) in [4.78, 5) is 30.4. The zero-order chi connectivity index (χ0) is 23.6. The number of halogens is 3. The molecular weight excluding hydrogens is 435 g/mol. The van der Waals surface area contributed by atoms with E-state index < -0.39 is 23.2 Å². The molecule has 33 heavy (non-hydrogen) atoms. The summed E-state index contributed by atoms with van der Waals surface area (Å²) in [5.74, 6) is -0.110. The number of carbonyl (C=O) groups is 2. The van der Waals surface area contributed by atoms with Crippen molar-refractivity contribution in [1.82, 2.24) is 10.3 Å². The predicted octanol–water partition coefficient (Wildman–Crippen LogP) is 3.85. The molecule has 9 heteroatoms. The van der Waals surface area contributed by atoms with Crippen LogP contribution in [-0.4, -0.2) is 42.6 Å². The molecule has 2 heterocycles. The first-order chi connectivity index (χ1) is 15.7. The van der Waals surface area contributed by atoms with Gasteiger partial charge in [0.15, 0.2) is 0 Å². The highest BCUT2D eigenvalue weighted by molar-refractivity contribution is 5.81. The van der Waals surface area contributed by atoms with Crippen LogP contribution < -0.4 is 10.2 Å². The molecule has 0 bridgehead atoms. The maximum absolute atomic E-state index is 13.1. The van der Waals surface area contributed by atoms with Gasteiger partial charge >= 0.3 is 12.1 Å². The predicted molar refractivity (Wildman–Crippen MR) is 116 cm³/mol. The number of hydrogen-bond acceptors (Lipinski definition) is 5. The van der Waals surface area contributed by atoms with Gasteiger partial charge in [0.1, 0.15) is 0 Å². The van der Waals surface area contributed by atoms with E-state index in [9.17, 15) is 22.8 Å². The summed E-state index contributed by atoms with van der Waals surface area (Å²) in [5.41, 5.74) is 0.655. The number of anilines is 1. The van der Waals surface area contributed by atoms with E-state index in [1.165, 1.54) is 31.7 Å². The summed E-state index contributed by atoms with van der Waals surface area (Å²) in [5, 5.41) is 2.98. The average molecular weight is 461 g/mol. The Morgan fingerprint density at radius 1 is 1.21 bits per heavy atom. The van der Waals surface area contributed by atoms with Crippen molar-refractivity contribution in [3.8, 4) is 0 Å². The smallest absolute Gasteiger partial charge is 0.417 e. The second kappa shape index (κ2) is 9.03. The SMILES string of the molecule is COC(=O)C[C@@]1(NC(=O)Cc2ccc(C3CC3)cc2)CCN(c2cncc(C(F)(F)F)c2)C1. The van der Waals surface area contributed by atoms with Crippen molar-refractivity contribution >= 4 is 17.6 Å². The molecule has 0 radical (unpaired) electrons. The molecule has 0 unspecified atom stereocenters. The molecule has 1 amide bonds. The standard InChI is InChI=1S/C24H26F3N3O3/c1-33-22(32)12-23(29-21(31)10-16-2-4-17(5-3-16)18-6-7-18)8-9-30(15-23)20-11-19(13-28-14-20)24(25,26)27/h2-5,11,13-14,18H,6-10,12,15H2,1H3,(H,29,31)/t23-/m0/s1. The third kappa shape index (κ3) is 5.64. The molecule has 1 atom stereocenters. The number of amides is 1. The van der Waals surface area contributed by atoms with E-state index in [2.05, 4.69) is 10.3 Å². The summed E-state index contributed by atoms with van der Waals surface area (Å²) >= 11 is 0. The highest BCUT2D eigenvalue weighted by Crippen LogP contribution is 2.40. The molecule has 176 valence electrons. The number of pyridine rings is 1. The number of hydrogen-bond donors (Lipinski definition) is 1. The van der Waals surface area contributed by atoms with Crippen LogP contribution in [0.3, 0.4) is 0 Å². The lowest BCUT2D eigenvalue weighted by Gasteiger charge is -2.30. The van der Waals surface area contributed by atoms with E-state index in [1.54, 1.807) is 4.90 Å². The largest absolute Gasteiger partial charge is 0.469 e. The number of benzene rings is 1. The van der Waals surface area contributed by atoms with Gasteiger partial charge in [-0.15, -0.1) is 0 Å². The molecule has 1 aliphatic carbocycles. The van der Waals surface area contributed by atoms with Gasteiger partial charge in [0.25, 0.3) is 0 Å². The van der Waals surface area contributed by atoms with Gasteiger partial charge in [-0.05, 0) is 42.4 Å². The fourth-order valence-electron chi connectivity index (χ4n) is 4.34. The minimum atomic E-state index is -4.50. The second-order valence-electron chi connectivity index (χ2n) is 8.88.